The van der Waals surface area contributed by atoms with E-state index in [1.807, 2.05) is 30.3 Å². The van der Waals surface area contributed by atoms with Crippen molar-refractivity contribution in [3.63, 3.8) is 0 Å². The number of nitrogen functional groups attached to an aromatic ring is 1. The van der Waals surface area contributed by atoms with E-state index in [1.165, 1.54) is 16.0 Å². The van der Waals surface area contributed by atoms with Crippen molar-refractivity contribution in [2.75, 3.05) is 12.8 Å². The molecule has 0 spiro atoms. The van der Waals surface area contributed by atoms with E-state index in [-0.39, 0.29) is 17.3 Å². The van der Waals surface area contributed by atoms with Crippen LogP contribution in [-0.4, -0.2) is 29.6 Å². The second-order valence-corrected chi connectivity index (χ2v) is 6.65. The van der Waals surface area contributed by atoms with Crippen LogP contribution >= 0.6 is 0 Å². The zero-order valence-electron chi connectivity index (χ0n) is 11.7. The highest BCUT2D eigenvalue weighted by atomic mass is 32.2. The van der Waals surface area contributed by atoms with Gasteiger partial charge in [0.15, 0.2) is 5.82 Å². The summed E-state index contributed by atoms with van der Waals surface area (Å²) >= 11 is 0. The third kappa shape index (κ3) is 2.54. The van der Waals surface area contributed by atoms with Gasteiger partial charge in [0.1, 0.15) is 4.90 Å². The fourth-order valence-electron chi connectivity index (χ4n) is 2.01. The minimum absolute atomic E-state index is 0.0323. The Balaban J connectivity index is 2.35. The molecule has 0 aliphatic rings. The second-order valence-electron chi connectivity index (χ2n) is 4.67. The van der Waals surface area contributed by atoms with Crippen LogP contribution in [-0.2, 0) is 23.6 Å². The Kier molecular flexibility index (Phi) is 3.82. The van der Waals surface area contributed by atoms with Gasteiger partial charge < -0.3 is 5.73 Å². The van der Waals surface area contributed by atoms with Crippen LogP contribution in [0.25, 0.3) is 0 Å². The van der Waals surface area contributed by atoms with Crippen molar-refractivity contribution < 1.29 is 8.42 Å². The van der Waals surface area contributed by atoms with Gasteiger partial charge >= 0.3 is 0 Å². The van der Waals surface area contributed by atoms with Crippen LogP contribution in [0.2, 0.25) is 0 Å². The minimum Gasteiger partial charge on any atom is -0.381 e. The molecule has 0 aliphatic carbocycles. The van der Waals surface area contributed by atoms with Crippen LogP contribution in [0.5, 0.6) is 0 Å². The quantitative estimate of drug-likeness (QED) is 0.916. The smallest absolute Gasteiger partial charge is 0.248 e. The summed E-state index contributed by atoms with van der Waals surface area (Å²) < 4.78 is 27.9. The fraction of sp³-hybridized carbons (Fsp3) is 0.308. The number of hydrogen-bond donors (Lipinski definition) is 1. The van der Waals surface area contributed by atoms with E-state index in [2.05, 4.69) is 5.10 Å². The van der Waals surface area contributed by atoms with E-state index in [0.717, 1.165) is 5.56 Å². The maximum atomic E-state index is 12.6. The topological polar surface area (TPSA) is 81.2 Å². The molecule has 0 unspecified atom stereocenters. The first kappa shape index (κ1) is 14.5. The molecular weight excluding hydrogens is 276 g/mol. The molecule has 2 aromatic rings. The standard InChI is InChI=1S/C13H18N4O2S/c1-10-12(13(14)15-17(10)3)20(18,19)16(2)9-11-7-5-4-6-8-11/h4-8H,9H2,1-3H3,(H2,14,15). The molecule has 1 aromatic carbocycles. The van der Waals surface area contributed by atoms with Crippen molar-refractivity contribution in [3.05, 3.63) is 41.6 Å². The van der Waals surface area contributed by atoms with E-state index in [4.69, 9.17) is 5.73 Å². The van der Waals surface area contributed by atoms with Crippen molar-refractivity contribution in [3.8, 4) is 0 Å². The van der Waals surface area contributed by atoms with Gasteiger partial charge in [0.2, 0.25) is 10.0 Å². The number of nitrogens with two attached hydrogens (primary N) is 1. The Morgan fingerprint density at radius 2 is 1.90 bits per heavy atom. The molecule has 1 heterocycles. The summed E-state index contributed by atoms with van der Waals surface area (Å²) in [5.74, 6) is 0.0323. The van der Waals surface area contributed by atoms with Gasteiger partial charge in [-0.2, -0.15) is 9.40 Å². The summed E-state index contributed by atoms with van der Waals surface area (Å²) in [4.78, 5) is 0.0819. The molecule has 0 aliphatic heterocycles. The highest BCUT2D eigenvalue weighted by Crippen LogP contribution is 2.25. The first-order valence-corrected chi connectivity index (χ1v) is 7.57. The van der Waals surface area contributed by atoms with Crippen molar-refractivity contribution >= 4 is 15.8 Å². The third-order valence-electron chi connectivity index (χ3n) is 3.22. The zero-order valence-corrected chi connectivity index (χ0v) is 12.6. The Hall–Kier alpha value is -1.86. The van der Waals surface area contributed by atoms with Gasteiger partial charge in [-0.1, -0.05) is 30.3 Å². The summed E-state index contributed by atoms with van der Waals surface area (Å²) in [6.07, 6.45) is 0. The molecule has 0 atom stereocenters. The maximum Gasteiger partial charge on any atom is 0.248 e. The number of sulfonamides is 1. The first-order chi connectivity index (χ1) is 9.34. The summed E-state index contributed by atoms with van der Waals surface area (Å²) in [5, 5.41) is 3.95. The monoisotopic (exact) mass is 294 g/mol. The van der Waals surface area contributed by atoms with Crippen LogP contribution in [0.15, 0.2) is 35.2 Å². The van der Waals surface area contributed by atoms with E-state index in [0.29, 0.717) is 5.69 Å². The number of hydrogen-bond acceptors (Lipinski definition) is 4. The number of benzene rings is 1. The Bertz CT molecular complexity index is 707. The fourth-order valence-corrected chi connectivity index (χ4v) is 3.46. The number of aromatic nitrogens is 2. The predicted octanol–water partition coefficient (Wildman–Crippen LogP) is 1.13. The van der Waals surface area contributed by atoms with Crippen molar-refractivity contribution in [1.29, 1.82) is 0 Å². The summed E-state index contributed by atoms with van der Waals surface area (Å²) in [7, 11) is -0.448. The van der Waals surface area contributed by atoms with E-state index in [9.17, 15) is 8.42 Å². The molecule has 2 N–H and O–H groups in total. The molecule has 0 bridgehead atoms. The highest BCUT2D eigenvalue weighted by molar-refractivity contribution is 7.89. The van der Waals surface area contributed by atoms with Gasteiger partial charge in [0.05, 0.1) is 5.69 Å². The largest absolute Gasteiger partial charge is 0.381 e. The normalized spacial score (nSPS) is 12.0. The zero-order chi connectivity index (χ0) is 14.9. The molecular formula is C13H18N4O2S. The molecule has 7 heteroatoms. The van der Waals surface area contributed by atoms with Gasteiger partial charge in [0.25, 0.3) is 0 Å². The van der Waals surface area contributed by atoms with Gasteiger partial charge in [0, 0.05) is 20.6 Å². The third-order valence-corrected chi connectivity index (χ3v) is 5.19. The number of aryl methyl sites for hydroxylation is 1. The van der Waals surface area contributed by atoms with Crippen LogP contribution in [0.3, 0.4) is 0 Å². The maximum absolute atomic E-state index is 12.6. The van der Waals surface area contributed by atoms with Crippen molar-refractivity contribution in [2.24, 2.45) is 7.05 Å². The SMILES string of the molecule is Cc1c(S(=O)(=O)N(C)Cc2ccccc2)c(N)nn1C. The average molecular weight is 294 g/mol. The second kappa shape index (κ2) is 5.26. The minimum atomic E-state index is -3.65. The molecule has 0 saturated heterocycles. The Labute approximate surface area is 118 Å². The van der Waals surface area contributed by atoms with Crippen LogP contribution in [0.1, 0.15) is 11.3 Å². The van der Waals surface area contributed by atoms with Crippen LogP contribution in [0, 0.1) is 6.92 Å². The lowest BCUT2D eigenvalue weighted by Gasteiger charge is -2.17. The molecule has 20 heavy (non-hydrogen) atoms. The number of rotatable bonds is 4. The Morgan fingerprint density at radius 1 is 1.30 bits per heavy atom. The predicted molar refractivity (Wildman–Crippen MR) is 77.5 cm³/mol. The summed E-state index contributed by atoms with van der Waals surface area (Å²) in [6.45, 7) is 1.98. The molecule has 0 radical (unpaired) electrons. The summed E-state index contributed by atoms with van der Waals surface area (Å²) in [5.41, 5.74) is 7.17. The molecule has 0 saturated carbocycles. The van der Waals surface area contributed by atoms with Crippen LogP contribution in [0.4, 0.5) is 5.82 Å². The molecule has 0 amide bonds. The summed E-state index contributed by atoms with van der Waals surface area (Å²) in [6, 6.07) is 9.40. The van der Waals surface area contributed by atoms with Crippen LogP contribution < -0.4 is 5.73 Å². The molecule has 108 valence electrons. The van der Waals surface area contributed by atoms with Gasteiger partial charge in [-0.25, -0.2) is 8.42 Å². The van der Waals surface area contributed by atoms with E-state index in [1.54, 1.807) is 14.0 Å². The molecule has 2 rings (SSSR count). The molecule has 6 nitrogen and oxygen atoms in total. The van der Waals surface area contributed by atoms with E-state index >= 15 is 0 Å². The number of nitrogens with zero attached hydrogens (tertiary/aromatic N) is 3. The van der Waals surface area contributed by atoms with E-state index < -0.39 is 10.0 Å². The lowest BCUT2D eigenvalue weighted by Crippen LogP contribution is -2.27. The number of anilines is 1. The first-order valence-electron chi connectivity index (χ1n) is 6.13. The Morgan fingerprint density at radius 3 is 2.40 bits per heavy atom. The average Bonchev–Trinajstić information content (AvgIpc) is 2.64. The van der Waals surface area contributed by atoms with Crippen molar-refractivity contribution in [1.82, 2.24) is 14.1 Å². The molecule has 0 fully saturated rings. The lowest BCUT2D eigenvalue weighted by molar-refractivity contribution is 0.466. The van der Waals surface area contributed by atoms with Gasteiger partial charge in [-0.15, -0.1) is 0 Å². The molecule has 1 aromatic heterocycles. The van der Waals surface area contributed by atoms with Gasteiger partial charge in [-0.05, 0) is 12.5 Å². The lowest BCUT2D eigenvalue weighted by atomic mass is 10.2. The highest BCUT2D eigenvalue weighted by Gasteiger charge is 2.28. The van der Waals surface area contributed by atoms with Gasteiger partial charge in [-0.3, -0.25) is 4.68 Å². The van der Waals surface area contributed by atoms with Crippen molar-refractivity contribution in [2.45, 2.75) is 18.4 Å².